The minimum atomic E-state index is -0.227. The molecule has 0 unspecified atom stereocenters. The topological polar surface area (TPSA) is 50.7 Å². The summed E-state index contributed by atoms with van der Waals surface area (Å²) < 4.78 is 5.13. The molecule has 1 N–H and O–H groups in total. The number of rotatable bonds is 5. The highest BCUT2D eigenvalue weighted by atomic mass is 16.5. The van der Waals surface area contributed by atoms with Crippen molar-refractivity contribution in [2.45, 2.75) is 19.8 Å². The van der Waals surface area contributed by atoms with Gasteiger partial charge in [0.2, 0.25) is 0 Å². The molecule has 0 bridgehead atoms. The lowest BCUT2D eigenvalue weighted by molar-refractivity contribution is 0.0955. The number of nitrogens with zero attached hydrogens (tertiary/aromatic N) is 1. The number of benzene rings is 2. The molecule has 114 valence electrons. The maximum atomic E-state index is 12.0. The molecule has 0 aliphatic carbocycles. The number of hydrazone groups is 1. The van der Waals surface area contributed by atoms with E-state index >= 15 is 0 Å². The summed E-state index contributed by atoms with van der Waals surface area (Å²) in [5, 5.41) is 3.97. The Balaban J connectivity index is 1.98. The smallest absolute Gasteiger partial charge is 0.271 e. The SMILES string of the molecule is COc1cccc(/C=N/NC(=O)c2ccc(C(C)C)cc2)c1. The van der Waals surface area contributed by atoms with E-state index in [0.717, 1.165) is 11.3 Å². The fraction of sp³-hybridized carbons (Fsp3) is 0.222. The number of methoxy groups -OCH3 is 1. The first-order valence-electron chi connectivity index (χ1n) is 7.17. The van der Waals surface area contributed by atoms with E-state index in [4.69, 9.17) is 4.74 Å². The van der Waals surface area contributed by atoms with Crippen LogP contribution in [0.5, 0.6) is 5.75 Å². The van der Waals surface area contributed by atoms with E-state index in [2.05, 4.69) is 24.4 Å². The molecule has 0 spiro atoms. The molecule has 0 saturated heterocycles. The second-order valence-electron chi connectivity index (χ2n) is 5.25. The molecular formula is C18H20N2O2. The van der Waals surface area contributed by atoms with Crippen LogP contribution in [-0.2, 0) is 0 Å². The molecule has 1 amide bonds. The lowest BCUT2D eigenvalue weighted by atomic mass is 10.0. The maximum Gasteiger partial charge on any atom is 0.271 e. The lowest BCUT2D eigenvalue weighted by Crippen LogP contribution is -2.17. The lowest BCUT2D eigenvalue weighted by Gasteiger charge is -2.06. The van der Waals surface area contributed by atoms with Crippen molar-refractivity contribution in [1.29, 1.82) is 0 Å². The fourth-order valence-electron chi connectivity index (χ4n) is 1.97. The molecule has 2 aromatic carbocycles. The van der Waals surface area contributed by atoms with Crippen LogP contribution in [0, 0.1) is 0 Å². The Morgan fingerprint density at radius 1 is 1.18 bits per heavy atom. The van der Waals surface area contributed by atoms with E-state index in [1.54, 1.807) is 13.3 Å². The van der Waals surface area contributed by atoms with Gasteiger partial charge in [-0.25, -0.2) is 5.43 Å². The van der Waals surface area contributed by atoms with Gasteiger partial charge in [-0.2, -0.15) is 5.10 Å². The molecule has 0 radical (unpaired) electrons. The van der Waals surface area contributed by atoms with Gasteiger partial charge in [0.1, 0.15) is 5.75 Å². The van der Waals surface area contributed by atoms with Crippen LogP contribution in [0.3, 0.4) is 0 Å². The molecule has 0 saturated carbocycles. The second kappa shape index (κ2) is 7.41. The third-order valence-electron chi connectivity index (χ3n) is 3.31. The number of nitrogens with one attached hydrogen (secondary N) is 1. The number of carbonyl (C=O) groups is 1. The highest BCUT2D eigenvalue weighted by Crippen LogP contribution is 2.14. The van der Waals surface area contributed by atoms with Gasteiger partial charge in [-0.05, 0) is 41.3 Å². The van der Waals surface area contributed by atoms with Crippen LogP contribution >= 0.6 is 0 Å². The Kier molecular flexibility index (Phi) is 5.31. The summed E-state index contributed by atoms with van der Waals surface area (Å²) in [6, 6.07) is 15.0. The van der Waals surface area contributed by atoms with Gasteiger partial charge in [-0.1, -0.05) is 38.1 Å². The van der Waals surface area contributed by atoms with Gasteiger partial charge >= 0.3 is 0 Å². The van der Waals surface area contributed by atoms with E-state index in [-0.39, 0.29) is 5.91 Å². The number of ether oxygens (including phenoxy) is 1. The first-order valence-corrected chi connectivity index (χ1v) is 7.17. The average Bonchev–Trinajstić information content (AvgIpc) is 2.55. The summed E-state index contributed by atoms with van der Waals surface area (Å²) in [7, 11) is 1.61. The summed E-state index contributed by atoms with van der Waals surface area (Å²) in [5.74, 6) is 0.970. The Hall–Kier alpha value is -2.62. The normalized spacial score (nSPS) is 10.9. The van der Waals surface area contributed by atoms with Crippen molar-refractivity contribution in [2.75, 3.05) is 7.11 Å². The molecule has 2 aromatic rings. The van der Waals surface area contributed by atoms with Crippen molar-refractivity contribution < 1.29 is 9.53 Å². The summed E-state index contributed by atoms with van der Waals surface area (Å²) in [6.07, 6.45) is 1.59. The second-order valence-corrected chi connectivity index (χ2v) is 5.25. The van der Waals surface area contributed by atoms with Gasteiger partial charge in [0.05, 0.1) is 13.3 Å². The van der Waals surface area contributed by atoms with Crippen LogP contribution in [0.25, 0.3) is 0 Å². The number of amides is 1. The monoisotopic (exact) mass is 296 g/mol. The van der Waals surface area contributed by atoms with Crippen LogP contribution in [0.2, 0.25) is 0 Å². The quantitative estimate of drug-likeness (QED) is 0.677. The third-order valence-corrected chi connectivity index (χ3v) is 3.31. The predicted octanol–water partition coefficient (Wildman–Crippen LogP) is 3.58. The van der Waals surface area contributed by atoms with Crippen LogP contribution in [-0.4, -0.2) is 19.2 Å². The summed E-state index contributed by atoms with van der Waals surface area (Å²) >= 11 is 0. The maximum absolute atomic E-state index is 12.0. The largest absolute Gasteiger partial charge is 0.497 e. The summed E-state index contributed by atoms with van der Waals surface area (Å²) in [4.78, 5) is 12.0. The highest BCUT2D eigenvalue weighted by molar-refractivity contribution is 5.94. The third kappa shape index (κ3) is 4.19. The minimum absolute atomic E-state index is 0.227. The Morgan fingerprint density at radius 2 is 1.91 bits per heavy atom. The van der Waals surface area contributed by atoms with E-state index in [9.17, 15) is 4.79 Å². The van der Waals surface area contributed by atoms with Crippen molar-refractivity contribution in [3.8, 4) is 5.75 Å². The molecule has 4 nitrogen and oxygen atoms in total. The number of hydrogen-bond acceptors (Lipinski definition) is 3. The highest BCUT2D eigenvalue weighted by Gasteiger charge is 2.05. The molecule has 4 heteroatoms. The molecule has 2 rings (SSSR count). The van der Waals surface area contributed by atoms with E-state index in [1.165, 1.54) is 5.56 Å². The first kappa shape index (κ1) is 15.8. The predicted molar refractivity (Wildman–Crippen MR) is 88.6 cm³/mol. The first-order chi connectivity index (χ1) is 10.6. The van der Waals surface area contributed by atoms with Gasteiger partial charge in [-0.3, -0.25) is 4.79 Å². The molecule has 0 atom stereocenters. The Labute approximate surface area is 130 Å². The zero-order valence-corrected chi connectivity index (χ0v) is 13.0. The number of hydrogen-bond donors (Lipinski definition) is 1. The number of carbonyl (C=O) groups excluding carboxylic acids is 1. The van der Waals surface area contributed by atoms with Crippen LogP contribution in [0.1, 0.15) is 41.3 Å². The molecule has 0 aliphatic rings. The van der Waals surface area contributed by atoms with Gasteiger partial charge in [-0.15, -0.1) is 0 Å². The van der Waals surface area contributed by atoms with Crippen molar-refractivity contribution in [2.24, 2.45) is 5.10 Å². The summed E-state index contributed by atoms with van der Waals surface area (Å²) in [5.41, 5.74) is 5.17. The molecule has 0 aliphatic heterocycles. The van der Waals surface area contributed by atoms with E-state index < -0.39 is 0 Å². The van der Waals surface area contributed by atoms with Gasteiger partial charge in [0.25, 0.3) is 5.91 Å². The average molecular weight is 296 g/mol. The van der Waals surface area contributed by atoms with Crippen molar-refractivity contribution >= 4 is 12.1 Å². The van der Waals surface area contributed by atoms with Crippen molar-refractivity contribution in [3.05, 3.63) is 65.2 Å². The Bertz CT molecular complexity index is 661. The zero-order chi connectivity index (χ0) is 15.9. The van der Waals surface area contributed by atoms with Gasteiger partial charge in [0, 0.05) is 5.56 Å². The molecule has 0 aromatic heterocycles. The van der Waals surface area contributed by atoms with Crippen LogP contribution in [0.4, 0.5) is 0 Å². The van der Waals surface area contributed by atoms with Crippen molar-refractivity contribution in [1.82, 2.24) is 5.43 Å². The van der Waals surface area contributed by atoms with E-state index in [0.29, 0.717) is 11.5 Å². The molecule has 0 fully saturated rings. The minimum Gasteiger partial charge on any atom is -0.497 e. The molecular weight excluding hydrogens is 276 g/mol. The van der Waals surface area contributed by atoms with Crippen LogP contribution < -0.4 is 10.2 Å². The summed E-state index contributed by atoms with van der Waals surface area (Å²) in [6.45, 7) is 4.24. The van der Waals surface area contributed by atoms with E-state index in [1.807, 2.05) is 48.5 Å². The zero-order valence-electron chi connectivity index (χ0n) is 13.0. The molecule has 22 heavy (non-hydrogen) atoms. The standard InChI is InChI=1S/C18H20N2O2/c1-13(2)15-7-9-16(10-8-15)18(21)20-19-12-14-5-4-6-17(11-14)22-3/h4-13H,1-3H3,(H,20,21)/b19-12+. The van der Waals surface area contributed by atoms with Gasteiger partial charge in [0.15, 0.2) is 0 Å². The fourth-order valence-corrected chi connectivity index (χ4v) is 1.97. The molecule has 0 heterocycles. The van der Waals surface area contributed by atoms with Crippen molar-refractivity contribution in [3.63, 3.8) is 0 Å². The Morgan fingerprint density at radius 3 is 2.55 bits per heavy atom. The van der Waals surface area contributed by atoms with Crippen LogP contribution in [0.15, 0.2) is 53.6 Å². The van der Waals surface area contributed by atoms with Gasteiger partial charge < -0.3 is 4.74 Å².